The number of hydrogen-bond donors (Lipinski definition) is 0. The van der Waals surface area contributed by atoms with Crippen molar-refractivity contribution in [1.29, 1.82) is 0 Å². The highest BCUT2D eigenvalue weighted by molar-refractivity contribution is 5.94. The van der Waals surface area contributed by atoms with Crippen molar-refractivity contribution in [3.05, 3.63) is 41.8 Å². The van der Waals surface area contributed by atoms with Crippen molar-refractivity contribution in [2.24, 2.45) is 0 Å². The fourth-order valence-corrected chi connectivity index (χ4v) is 2.82. The highest BCUT2D eigenvalue weighted by Gasteiger charge is 2.25. The molecule has 0 unspecified atom stereocenters. The summed E-state index contributed by atoms with van der Waals surface area (Å²) in [7, 11) is 2.88. The first-order valence-electron chi connectivity index (χ1n) is 8.27. The van der Waals surface area contributed by atoms with Gasteiger partial charge in [-0.05, 0) is 18.2 Å². The van der Waals surface area contributed by atoms with Gasteiger partial charge in [-0.15, -0.1) is 0 Å². The van der Waals surface area contributed by atoms with Gasteiger partial charge in [-0.25, -0.2) is 9.37 Å². The van der Waals surface area contributed by atoms with Crippen LogP contribution in [0.25, 0.3) is 0 Å². The van der Waals surface area contributed by atoms with Gasteiger partial charge in [0, 0.05) is 43.8 Å². The molecule has 0 bridgehead atoms. The Hall–Kier alpha value is -2.90. The molecule has 1 aliphatic heterocycles. The summed E-state index contributed by atoms with van der Waals surface area (Å²) in [4.78, 5) is 22.3. The van der Waals surface area contributed by atoms with Crippen LogP contribution in [-0.4, -0.2) is 54.2 Å². The molecule has 0 spiro atoms. The molecule has 0 atom stereocenters. The highest BCUT2D eigenvalue weighted by atomic mass is 19.1. The molecule has 1 amide bonds. The van der Waals surface area contributed by atoms with Gasteiger partial charge in [0.05, 0.1) is 14.2 Å². The van der Waals surface area contributed by atoms with E-state index < -0.39 is 5.82 Å². The molecule has 0 radical (unpaired) electrons. The van der Waals surface area contributed by atoms with E-state index in [0.29, 0.717) is 37.4 Å². The van der Waals surface area contributed by atoms with E-state index in [4.69, 9.17) is 14.2 Å². The number of rotatable bonds is 5. The third-order valence-electron chi connectivity index (χ3n) is 4.21. The second kappa shape index (κ2) is 7.99. The monoisotopic (exact) mass is 361 g/mol. The van der Waals surface area contributed by atoms with Crippen LogP contribution in [0, 0.1) is 5.82 Å². The molecule has 0 N–H and O–H groups in total. The Balaban J connectivity index is 1.57. The van der Waals surface area contributed by atoms with E-state index in [9.17, 15) is 9.18 Å². The number of likely N-dealkylation sites (tertiary alicyclic amines) is 1. The van der Waals surface area contributed by atoms with Gasteiger partial charge in [-0.3, -0.25) is 4.79 Å². The van der Waals surface area contributed by atoms with Crippen molar-refractivity contribution in [2.45, 2.75) is 18.9 Å². The van der Waals surface area contributed by atoms with Crippen molar-refractivity contribution < 1.29 is 23.4 Å². The summed E-state index contributed by atoms with van der Waals surface area (Å²) in [6.07, 6.45) is 2.84. The van der Waals surface area contributed by atoms with Crippen LogP contribution < -0.4 is 14.2 Å². The van der Waals surface area contributed by atoms with Crippen LogP contribution in [0.15, 0.2) is 30.5 Å². The lowest BCUT2D eigenvalue weighted by Gasteiger charge is -2.32. The molecule has 7 nitrogen and oxygen atoms in total. The Morgan fingerprint density at radius 1 is 1.19 bits per heavy atom. The zero-order valence-corrected chi connectivity index (χ0v) is 14.6. The number of nitrogens with zero attached hydrogens (tertiary/aromatic N) is 3. The maximum Gasteiger partial charge on any atom is 0.319 e. The number of amides is 1. The molecule has 1 aromatic heterocycles. The van der Waals surface area contributed by atoms with Crippen molar-refractivity contribution in [3.8, 4) is 17.6 Å². The second-order valence-corrected chi connectivity index (χ2v) is 5.84. The number of ether oxygens (including phenoxy) is 3. The number of aromatic nitrogens is 2. The summed E-state index contributed by atoms with van der Waals surface area (Å²) in [5.74, 6) is -0.184. The molecule has 2 aromatic rings. The number of carbonyl (C=O) groups excluding carboxylic acids is 1. The first-order chi connectivity index (χ1) is 12.6. The first-order valence-corrected chi connectivity index (χ1v) is 8.27. The molecule has 0 aliphatic carbocycles. The fraction of sp³-hybridized carbons (Fsp3) is 0.389. The van der Waals surface area contributed by atoms with Crippen molar-refractivity contribution in [1.82, 2.24) is 14.9 Å². The Labute approximate surface area is 150 Å². The average Bonchev–Trinajstić information content (AvgIpc) is 2.68. The number of benzene rings is 1. The average molecular weight is 361 g/mol. The minimum atomic E-state index is -0.547. The maximum atomic E-state index is 13.8. The highest BCUT2D eigenvalue weighted by Crippen LogP contribution is 2.22. The van der Waals surface area contributed by atoms with Crippen LogP contribution in [0.3, 0.4) is 0 Å². The van der Waals surface area contributed by atoms with Crippen molar-refractivity contribution >= 4 is 5.91 Å². The van der Waals surface area contributed by atoms with E-state index in [0.717, 1.165) is 0 Å². The number of piperidine rings is 1. The zero-order chi connectivity index (χ0) is 18.5. The second-order valence-electron chi connectivity index (χ2n) is 5.84. The zero-order valence-electron chi connectivity index (χ0n) is 14.6. The molecule has 3 rings (SSSR count). The van der Waals surface area contributed by atoms with Crippen LogP contribution in [0.5, 0.6) is 17.6 Å². The van der Waals surface area contributed by atoms with Gasteiger partial charge in [0.1, 0.15) is 6.10 Å². The van der Waals surface area contributed by atoms with Crippen LogP contribution in [0.1, 0.15) is 23.2 Å². The smallest absolute Gasteiger partial charge is 0.319 e. The molecule has 1 fully saturated rings. The lowest BCUT2D eigenvalue weighted by molar-refractivity contribution is 0.0586. The standard InChI is InChI=1S/C18H20FN3O4/c1-24-15-4-3-12(11-14(15)19)17(23)22-9-6-13(7-10-22)26-16-5-8-20-18(21-16)25-2/h3-5,8,11,13H,6-7,9-10H2,1-2H3. The molecule has 0 saturated carbocycles. The Morgan fingerprint density at radius 2 is 1.96 bits per heavy atom. The molecule has 2 heterocycles. The third kappa shape index (κ3) is 4.01. The first kappa shape index (κ1) is 17.9. The van der Waals surface area contributed by atoms with Gasteiger partial charge >= 0.3 is 6.01 Å². The number of halogens is 1. The van der Waals surface area contributed by atoms with Crippen molar-refractivity contribution in [2.75, 3.05) is 27.3 Å². The molecule has 26 heavy (non-hydrogen) atoms. The van der Waals surface area contributed by atoms with Gasteiger partial charge in [-0.1, -0.05) is 0 Å². The minimum absolute atomic E-state index is 0.0498. The molecule has 1 aromatic carbocycles. The van der Waals surface area contributed by atoms with Crippen LogP contribution >= 0.6 is 0 Å². The molecule has 1 aliphatic rings. The van der Waals surface area contributed by atoms with Gasteiger partial charge < -0.3 is 19.1 Å². The van der Waals surface area contributed by atoms with E-state index >= 15 is 0 Å². The maximum absolute atomic E-state index is 13.8. The van der Waals surface area contributed by atoms with Crippen LogP contribution in [0.2, 0.25) is 0 Å². The van der Waals surface area contributed by atoms with E-state index in [1.165, 1.54) is 26.4 Å². The van der Waals surface area contributed by atoms with Crippen LogP contribution in [0.4, 0.5) is 4.39 Å². The Morgan fingerprint density at radius 3 is 2.62 bits per heavy atom. The molecular formula is C18H20FN3O4. The normalized spacial score (nSPS) is 14.8. The summed E-state index contributed by atoms with van der Waals surface area (Å²) in [6, 6.07) is 6.15. The number of carbonyl (C=O) groups is 1. The molecular weight excluding hydrogens is 341 g/mol. The van der Waals surface area contributed by atoms with Gasteiger partial charge in [0.25, 0.3) is 5.91 Å². The predicted molar refractivity (Wildman–Crippen MR) is 91.1 cm³/mol. The lowest BCUT2D eigenvalue weighted by atomic mass is 10.1. The van der Waals surface area contributed by atoms with E-state index in [1.807, 2.05) is 0 Å². The lowest BCUT2D eigenvalue weighted by Crippen LogP contribution is -2.41. The Bertz CT molecular complexity index is 779. The quantitative estimate of drug-likeness (QED) is 0.814. The Kier molecular flexibility index (Phi) is 5.50. The summed E-state index contributed by atoms with van der Waals surface area (Å²) in [5, 5.41) is 0. The topological polar surface area (TPSA) is 73.8 Å². The van der Waals surface area contributed by atoms with Crippen LogP contribution in [-0.2, 0) is 0 Å². The van der Waals surface area contributed by atoms with Gasteiger partial charge in [0.15, 0.2) is 11.6 Å². The van der Waals surface area contributed by atoms with Gasteiger partial charge in [0.2, 0.25) is 5.88 Å². The van der Waals surface area contributed by atoms with E-state index in [2.05, 4.69) is 9.97 Å². The van der Waals surface area contributed by atoms with Crippen molar-refractivity contribution in [3.63, 3.8) is 0 Å². The number of hydrogen-bond acceptors (Lipinski definition) is 6. The predicted octanol–water partition coefficient (Wildman–Crippen LogP) is 2.32. The minimum Gasteiger partial charge on any atom is -0.494 e. The van der Waals surface area contributed by atoms with E-state index in [1.54, 1.807) is 23.2 Å². The van der Waals surface area contributed by atoms with E-state index in [-0.39, 0.29) is 23.8 Å². The van der Waals surface area contributed by atoms with Gasteiger partial charge in [-0.2, -0.15) is 4.98 Å². The number of methoxy groups -OCH3 is 2. The third-order valence-corrected chi connectivity index (χ3v) is 4.21. The summed E-state index contributed by atoms with van der Waals surface area (Å²) >= 11 is 0. The largest absolute Gasteiger partial charge is 0.494 e. The SMILES string of the molecule is COc1nccc(OC2CCN(C(=O)c3ccc(OC)c(F)c3)CC2)n1. The molecule has 1 saturated heterocycles. The molecule has 138 valence electrons. The summed E-state index contributed by atoms with van der Waals surface area (Å²) in [5.41, 5.74) is 0.309. The summed E-state index contributed by atoms with van der Waals surface area (Å²) < 4.78 is 29.5. The fourth-order valence-electron chi connectivity index (χ4n) is 2.82. The summed E-state index contributed by atoms with van der Waals surface area (Å²) in [6.45, 7) is 1.05. The molecule has 8 heteroatoms.